The van der Waals surface area contributed by atoms with Crippen molar-refractivity contribution in [1.82, 2.24) is 14.7 Å². The summed E-state index contributed by atoms with van der Waals surface area (Å²) in [5, 5.41) is -0.140. The predicted octanol–water partition coefficient (Wildman–Crippen LogP) is 1.17. The highest BCUT2D eigenvalue weighted by atomic mass is 32.2. The van der Waals surface area contributed by atoms with Crippen LogP contribution in [0.3, 0.4) is 0 Å². The second-order valence-electron chi connectivity index (χ2n) is 3.48. The van der Waals surface area contributed by atoms with E-state index in [-0.39, 0.29) is 17.1 Å². The summed E-state index contributed by atoms with van der Waals surface area (Å²) < 4.78 is 51.6. The fourth-order valence-corrected chi connectivity index (χ4v) is 2.23. The van der Waals surface area contributed by atoms with Crippen molar-refractivity contribution in [1.29, 1.82) is 0 Å². The van der Waals surface area contributed by atoms with Crippen molar-refractivity contribution >= 4 is 10.0 Å². The number of sulfonamides is 1. The number of nitrogens with zero attached hydrogens (tertiary/aromatic N) is 1. The van der Waals surface area contributed by atoms with Gasteiger partial charge in [0.05, 0.1) is 12.5 Å². The highest BCUT2D eigenvalue weighted by Gasteiger charge is 2.16. The van der Waals surface area contributed by atoms with Crippen LogP contribution in [-0.2, 0) is 16.6 Å². The van der Waals surface area contributed by atoms with Gasteiger partial charge in [0.15, 0.2) is 5.03 Å². The van der Waals surface area contributed by atoms with Gasteiger partial charge >= 0.3 is 0 Å². The van der Waals surface area contributed by atoms with Gasteiger partial charge in [-0.2, -0.15) is 0 Å². The fraction of sp³-hybridized carbons (Fsp3) is 0.100. The molecule has 5 nitrogen and oxygen atoms in total. The van der Waals surface area contributed by atoms with Gasteiger partial charge in [0.1, 0.15) is 11.6 Å². The molecule has 0 saturated carbocycles. The average molecular weight is 273 g/mol. The van der Waals surface area contributed by atoms with Crippen LogP contribution in [0, 0.1) is 11.6 Å². The third-order valence-corrected chi connectivity index (χ3v) is 3.55. The fourth-order valence-electron chi connectivity index (χ4n) is 1.32. The van der Waals surface area contributed by atoms with Crippen molar-refractivity contribution < 1.29 is 17.2 Å². The molecule has 2 N–H and O–H groups in total. The van der Waals surface area contributed by atoms with E-state index in [1.165, 1.54) is 6.33 Å². The number of halogens is 2. The van der Waals surface area contributed by atoms with Crippen LogP contribution in [0.5, 0.6) is 0 Å². The molecule has 2 rings (SSSR count). The maximum atomic E-state index is 13.3. The highest BCUT2D eigenvalue weighted by molar-refractivity contribution is 7.89. The van der Waals surface area contributed by atoms with E-state index in [2.05, 4.69) is 14.7 Å². The molecule has 0 amide bonds. The molecule has 0 unspecified atom stereocenters. The summed E-state index contributed by atoms with van der Waals surface area (Å²) in [6.07, 6.45) is 2.32. The van der Waals surface area contributed by atoms with Gasteiger partial charge in [0, 0.05) is 12.1 Å². The zero-order valence-corrected chi connectivity index (χ0v) is 9.84. The third-order valence-electron chi connectivity index (χ3n) is 2.22. The first-order valence-corrected chi connectivity index (χ1v) is 6.39. The Morgan fingerprint density at radius 3 is 2.78 bits per heavy atom. The summed E-state index contributed by atoms with van der Waals surface area (Å²) >= 11 is 0. The highest BCUT2D eigenvalue weighted by Crippen LogP contribution is 2.11. The van der Waals surface area contributed by atoms with E-state index in [1.54, 1.807) is 0 Å². The number of aromatic amines is 1. The van der Waals surface area contributed by atoms with Crippen LogP contribution in [0.1, 0.15) is 5.56 Å². The molecular formula is C10H9F2N3O2S. The molecule has 0 aliphatic rings. The molecule has 1 aromatic heterocycles. The van der Waals surface area contributed by atoms with Crippen LogP contribution in [0.4, 0.5) is 8.78 Å². The van der Waals surface area contributed by atoms with Crippen LogP contribution in [-0.4, -0.2) is 18.4 Å². The quantitative estimate of drug-likeness (QED) is 0.878. The van der Waals surface area contributed by atoms with Gasteiger partial charge in [-0.25, -0.2) is 26.9 Å². The zero-order valence-electron chi connectivity index (χ0n) is 9.02. The molecule has 1 heterocycles. The lowest BCUT2D eigenvalue weighted by Gasteiger charge is -2.05. The molecule has 8 heteroatoms. The number of benzene rings is 1. The van der Waals surface area contributed by atoms with Crippen LogP contribution in [0.15, 0.2) is 35.7 Å². The predicted molar refractivity (Wildman–Crippen MR) is 59.0 cm³/mol. The Morgan fingerprint density at radius 2 is 2.11 bits per heavy atom. The molecule has 1 aromatic carbocycles. The molecule has 18 heavy (non-hydrogen) atoms. The lowest BCUT2D eigenvalue weighted by Crippen LogP contribution is -2.24. The Bertz CT molecular complexity index is 641. The summed E-state index contributed by atoms with van der Waals surface area (Å²) in [5.74, 6) is -1.31. The van der Waals surface area contributed by atoms with Gasteiger partial charge in [0.25, 0.3) is 10.0 Å². The Labute approximate surface area is 102 Å². The maximum absolute atomic E-state index is 13.3. The van der Waals surface area contributed by atoms with Gasteiger partial charge in [-0.05, 0) is 18.2 Å². The van der Waals surface area contributed by atoms with Crippen molar-refractivity contribution in [3.63, 3.8) is 0 Å². The zero-order chi connectivity index (χ0) is 13.2. The van der Waals surface area contributed by atoms with E-state index in [4.69, 9.17) is 0 Å². The molecule has 0 aliphatic heterocycles. The van der Waals surface area contributed by atoms with E-state index in [0.717, 1.165) is 24.4 Å². The van der Waals surface area contributed by atoms with Crippen LogP contribution >= 0.6 is 0 Å². The summed E-state index contributed by atoms with van der Waals surface area (Å²) in [7, 11) is -3.80. The van der Waals surface area contributed by atoms with Crippen molar-refractivity contribution in [2.45, 2.75) is 11.6 Å². The SMILES string of the molecule is O=S(=O)(NCc1cc(F)ccc1F)c1cnc[nH]1. The van der Waals surface area contributed by atoms with Crippen molar-refractivity contribution in [3.05, 3.63) is 47.9 Å². The van der Waals surface area contributed by atoms with Crippen LogP contribution in [0.25, 0.3) is 0 Å². The minimum atomic E-state index is -3.80. The normalized spacial score (nSPS) is 11.7. The summed E-state index contributed by atoms with van der Waals surface area (Å²) in [4.78, 5) is 5.98. The van der Waals surface area contributed by atoms with Crippen LogP contribution in [0.2, 0.25) is 0 Å². The summed E-state index contributed by atoms with van der Waals surface area (Å²) in [6, 6.07) is 2.84. The number of nitrogens with one attached hydrogen (secondary N) is 2. The monoisotopic (exact) mass is 273 g/mol. The molecule has 0 spiro atoms. The number of hydrogen-bond acceptors (Lipinski definition) is 3. The van der Waals surface area contributed by atoms with Gasteiger partial charge in [-0.1, -0.05) is 0 Å². The van der Waals surface area contributed by atoms with E-state index >= 15 is 0 Å². The number of imidazole rings is 1. The lowest BCUT2D eigenvalue weighted by atomic mass is 10.2. The minimum absolute atomic E-state index is 0.0712. The van der Waals surface area contributed by atoms with Gasteiger partial charge in [-0.3, -0.25) is 0 Å². The first-order valence-electron chi connectivity index (χ1n) is 4.91. The average Bonchev–Trinajstić information content (AvgIpc) is 2.85. The number of rotatable bonds is 4. The molecule has 2 aromatic rings. The van der Waals surface area contributed by atoms with E-state index in [0.29, 0.717) is 0 Å². The Morgan fingerprint density at radius 1 is 1.33 bits per heavy atom. The molecule has 0 atom stereocenters. The molecule has 0 aliphatic carbocycles. The molecule has 0 bridgehead atoms. The van der Waals surface area contributed by atoms with E-state index in [9.17, 15) is 17.2 Å². The van der Waals surface area contributed by atoms with Crippen molar-refractivity contribution in [2.75, 3.05) is 0 Å². The third kappa shape index (κ3) is 2.71. The number of aromatic nitrogens is 2. The van der Waals surface area contributed by atoms with Gasteiger partial charge in [0.2, 0.25) is 0 Å². The minimum Gasteiger partial charge on any atom is -0.335 e. The summed E-state index contributed by atoms with van der Waals surface area (Å²) in [5.41, 5.74) is -0.0712. The number of H-pyrrole nitrogens is 1. The second-order valence-corrected chi connectivity index (χ2v) is 5.21. The lowest BCUT2D eigenvalue weighted by molar-refractivity contribution is 0.565. The second kappa shape index (κ2) is 4.83. The van der Waals surface area contributed by atoms with Crippen molar-refractivity contribution in [3.8, 4) is 0 Å². The molecule has 0 saturated heterocycles. The van der Waals surface area contributed by atoms with Crippen molar-refractivity contribution in [2.24, 2.45) is 0 Å². The number of hydrogen-bond donors (Lipinski definition) is 2. The Hall–Kier alpha value is -1.80. The van der Waals surface area contributed by atoms with Gasteiger partial charge < -0.3 is 4.98 Å². The largest absolute Gasteiger partial charge is 0.335 e. The first-order chi connectivity index (χ1) is 8.49. The molecule has 0 radical (unpaired) electrons. The van der Waals surface area contributed by atoms with Gasteiger partial charge in [-0.15, -0.1) is 0 Å². The molecule has 96 valence electrons. The topological polar surface area (TPSA) is 74.8 Å². The molecular weight excluding hydrogens is 264 g/mol. The van der Waals surface area contributed by atoms with E-state index < -0.39 is 21.7 Å². The Balaban J connectivity index is 2.15. The standard InChI is InChI=1S/C10H9F2N3O2S/c11-8-1-2-9(12)7(3-8)4-15-18(16,17)10-5-13-6-14-10/h1-3,5-6,15H,4H2,(H,13,14). The first kappa shape index (κ1) is 12.7. The van der Waals surface area contributed by atoms with E-state index in [1.807, 2.05) is 0 Å². The molecule has 0 fully saturated rings. The Kier molecular flexibility index (Phi) is 3.39. The maximum Gasteiger partial charge on any atom is 0.257 e. The smallest absolute Gasteiger partial charge is 0.257 e. The van der Waals surface area contributed by atoms with Crippen LogP contribution < -0.4 is 4.72 Å². The summed E-state index contributed by atoms with van der Waals surface area (Å²) in [6.45, 7) is -0.342.